The zero-order valence-corrected chi connectivity index (χ0v) is 9.08. The lowest BCUT2D eigenvalue weighted by Gasteiger charge is -2.32. The molecule has 0 aromatic carbocycles. The molecule has 0 aromatic rings. The quantitative estimate of drug-likeness (QED) is 0.760. The van der Waals surface area contributed by atoms with Gasteiger partial charge in [0.15, 0.2) is 0 Å². The second-order valence-corrected chi connectivity index (χ2v) is 4.93. The van der Waals surface area contributed by atoms with E-state index < -0.39 is 6.17 Å². The van der Waals surface area contributed by atoms with Gasteiger partial charge in [-0.1, -0.05) is 0 Å². The number of hydrogen-bond acceptors (Lipinski definition) is 3. The predicted molar refractivity (Wildman–Crippen MR) is 54.4 cm³/mol. The van der Waals surface area contributed by atoms with Gasteiger partial charge in [0.2, 0.25) is 0 Å². The van der Waals surface area contributed by atoms with E-state index in [1.54, 1.807) is 6.92 Å². The fourth-order valence-corrected chi connectivity index (χ4v) is 3.15. The Kier molecular flexibility index (Phi) is 2.81. The summed E-state index contributed by atoms with van der Waals surface area (Å²) in [5.74, 6) is 0.149. The molecule has 2 aliphatic rings. The Bertz CT molecular complexity index is 271. The number of aliphatic hydroxyl groups excluding tert-OH is 1. The maximum absolute atomic E-state index is 13.3. The second kappa shape index (κ2) is 3.83. The van der Waals surface area contributed by atoms with Crippen LogP contribution >= 0.6 is 0 Å². The number of carbonyl (C=O) groups is 1. The van der Waals surface area contributed by atoms with Crippen molar-refractivity contribution < 1.29 is 14.3 Å². The monoisotopic (exact) mass is 215 g/mol. The van der Waals surface area contributed by atoms with Crippen molar-refractivity contribution >= 4 is 5.78 Å². The molecule has 0 bridgehead atoms. The summed E-state index contributed by atoms with van der Waals surface area (Å²) in [4.78, 5) is 13.1. The number of rotatable bonds is 3. The highest BCUT2D eigenvalue weighted by Crippen LogP contribution is 2.43. The Morgan fingerprint density at radius 3 is 3.00 bits per heavy atom. The largest absolute Gasteiger partial charge is 0.394 e. The lowest BCUT2D eigenvalue weighted by molar-refractivity contribution is -0.118. The zero-order chi connectivity index (χ0) is 11.1. The Morgan fingerprint density at radius 1 is 1.67 bits per heavy atom. The third-order valence-electron chi connectivity index (χ3n) is 3.81. The molecule has 0 radical (unpaired) electrons. The third kappa shape index (κ3) is 1.81. The average Bonchev–Trinajstić information content (AvgIpc) is 2.63. The molecule has 4 heteroatoms. The number of Topliss-reactive ketones (excluding diaryl/α,β-unsaturated/α-hetero) is 1. The molecule has 1 N–H and O–H groups in total. The van der Waals surface area contributed by atoms with Crippen molar-refractivity contribution in [3.8, 4) is 0 Å². The number of hydrogen-bond donors (Lipinski definition) is 1. The normalized spacial score (nSPS) is 40.7. The molecule has 0 amide bonds. The Hall–Kier alpha value is -0.480. The van der Waals surface area contributed by atoms with Gasteiger partial charge in [0.25, 0.3) is 0 Å². The molecule has 15 heavy (non-hydrogen) atoms. The van der Waals surface area contributed by atoms with Crippen molar-refractivity contribution in [2.75, 3.05) is 13.2 Å². The summed E-state index contributed by atoms with van der Waals surface area (Å²) in [6.07, 6.45) is 1.81. The number of halogens is 1. The first-order valence-corrected chi connectivity index (χ1v) is 5.58. The molecule has 2 aliphatic heterocycles. The smallest absolute Gasteiger partial charge is 0.131 e. The molecule has 0 saturated carbocycles. The van der Waals surface area contributed by atoms with Gasteiger partial charge < -0.3 is 5.11 Å². The molecular weight excluding hydrogens is 197 g/mol. The summed E-state index contributed by atoms with van der Waals surface area (Å²) in [5.41, 5.74) is -0.362. The van der Waals surface area contributed by atoms with E-state index in [1.165, 1.54) is 0 Å². The van der Waals surface area contributed by atoms with Crippen LogP contribution in [0.15, 0.2) is 0 Å². The van der Waals surface area contributed by atoms with Crippen LogP contribution in [0, 0.1) is 0 Å². The Morgan fingerprint density at radius 2 is 2.40 bits per heavy atom. The number of aliphatic hydroxyl groups is 1. The fourth-order valence-electron chi connectivity index (χ4n) is 3.15. The minimum absolute atomic E-state index is 0.0157. The van der Waals surface area contributed by atoms with E-state index in [0.29, 0.717) is 19.4 Å². The van der Waals surface area contributed by atoms with Gasteiger partial charge in [-0.15, -0.1) is 0 Å². The topological polar surface area (TPSA) is 40.5 Å². The van der Waals surface area contributed by atoms with Crippen molar-refractivity contribution in [2.24, 2.45) is 0 Å². The van der Waals surface area contributed by atoms with E-state index in [9.17, 15) is 14.3 Å². The summed E-state index contributed by atoms with van der Waals surface area (Å²) in [5, 5.41) is 9.40. The van der Waals surface area contributed by atoms with Gasteiger partial charge in [0.05, 0.1) is 6.61 Å². The number of carbonyl (C=O) groups excluding carboxylic acids is 1. The second-order valence-electron chi connectivity index (χ2n) is 4.93. The summed E-state index contributed by atoms with van der Waals surface area (Å²) in [6, 6.07) is 0.149. The SMILES string of the molecule is CC(=O)CC1CCC2(CO)CC(F)CN12. The minimum atomic E-state index is -0.841. The average molecular weight is 215 g/mol. The van der Waals surface area contributed by atoms with Crippen LogP contribution in [-0.4, -0.2) is 46.7 Å². The van der Waals surface area contributed by atoms with Crippen LogP contribution < -0.4 is 0 Å². The van der Waals surface area contributed by atoms with E-state index >= 15 is 0 Å². The van der Waals surface area contributed by atoms with Gasteiger partial charge in [-0.25, -0.2) is 4.39 Å². The molecule has 3 atom stereocenters. The fraction of sp³-hybridized carbons (Fsp3) is 0.909. The first kappa shape index (κ1) is 11.0. The van der Waals surface area contributed by atoms with Crippen LogP contribution in [0.4, 0.5) is 4.39 Å². The van der Waals surface area contributed by atoms with Gasteiger partial charge >= 0.3 is 0 Å². The standard InChI is InChI=1S/C11H18FNO2/c1-8(15)4-10-2-3-11(7-14)5-9(12)6-13(10)11/h9-10,14H,2-7H2,1H3. The summed E-state index contributed by atoms with van der Waals surface area (Å²) < 4.78 is 13.3. The van der Waals surface area contributed by atoms with Crippen LogP contribution in [0.2, 0.25) is 0 Å². The van der Waals surface area contributed by atoms with E-state index in [4.69, 9.17) is 0 Å². The van der Waals surface area contributed by atoms with Crippen LogP contribution in [0.25, 0.3) is 0 Å². The minimum Gasteiger partial charge on any atom is -0.394 e. The van der Waals surface area contributed by atoms with Crippen LogP contribution in [0.3, 0.4) is 0 Å². The first-order valence-electron chi connectivity index (χ1n) is 5.58. The van der Waals surface area contributed by atoms with Crippen molar-refractivity contribution in [2.45, 2.75) is 50.4 Å². The lowest BCUT2D eigenvalue weighted by atomic mass is 9.95. The van der Waals surface area contributed by atoms with Gasteiger partial charge in [-0.05, 0) is 19.8 Å². The van der Waals surface area contributed by atoms with E-state index in [2.05, 4.69) is 0 Å². The maximum atomic E-state index is 13.3. The first-order chi connectivity index (χ1) is 7.07. The van der Waals surface area contributed by atoms with E-state index in [1.807, 2.05) is 4.90 Å². The van der Waals surface area contributed by atoms with E-state index in [0.717, 1.165) is 12.8 Å². The van der Waals surface area contributed by atoms with E-state index in [-0.39, 0.29) is 24.0 Å². The molecular formula is C11H18FNO2. The molecule has 0 aliphatic carbocycles. The molecule has 0 spiro atoms. The number of fused-ring (bicyclic) bond motifs is 1. The molecule has 2 rings (SSSR count). The molecule has 2 saturated heterocycles. The zero-order valence-electron chi connectivity index (χ0n) is 9.08. The molecule has 2 fully saturated rings. The van der Waals surface area contributed by atoms with Gasteiger partial charge in [0, 0.05) is 31.0 Å². The molecule has 3 unspecified atom stereocenters. The van der Waals surface area contributed by atoms with Crippen molar-refractivity contribution in [3.63, 3.8) is 0 Å². The lowest BCUT2D eigenvalue weighted by Crippen LogP contribution is -2.45. The summed E-state index contributed by atoms with van der Waals surface area (Å²) >= 11 is 0. The number of nitrogens with zero attached hydrogens (tertiary/aromatic N) is 1. The van der Waals surface area contributed by atoms with Gasteiger partial charge in [-0.3, -0.25) is 9.69 Å². The third-order valence-corrected chi connectivity index (χ3v) is 3.81. The highest BCUT2D eigenvalue weighted by atomic mass is 19.1. The maximum Gasteiger partial charge on any atom is 0.131 e. The Balaban J connectivity index is 2.11. The molecule has 3 nitrogen and oxygen atoms in total. The summed E-state index contributed by atoms with van der Waals surface area (Å²) in [6.45, 7) is 1.97. The van der Waals surface area contributed by atoms with Gasteiger partial charge in [-0.2, -0.15) is 0 Å². The van der Waals surface area contributed by atoms with Gasteiger partial charge in [0.1, 0.15) is 12.0 Å². The highest BCUT2D eigenvalue weighted by Gasteiger charge is 2.52. The molecule has 2 heterocycles. The Labute approximate surface area is 89.3 Å². The number of alkyl halides is 1. The molecule has 86 valence electrons. The van der Waals surface area contributed by atoms with Crippen LogP contribution in [0.1, 0.15) is 32.6 Å². The van der Waals surface area contributed by atoms with Crippen molar-refractivity contribution in [3.05, 3.63) is 0 Å². The van der Waals surface area contributed by atoms with Crippen LogP contribution in [-0.2, 0) is 4.79 Å². The van der Waals surface area contributed by atoms with Crippen molar-refractivity contribution in [1.29, 1.82) is 0 Å². The summed E-state index contributed by atoms with van der Waals surface area (Å²) in [7, 11) is 0. The predicted octanol–water partition coefficient (Wildman–Crippen LogP) is 0.903. The van der Waals surface area contributed by atoms with Crippen molar-refractivity contribution in [1.82, 2.24) is 4.90 Å². The molecule has 0 aromatic heterocycles. The number of ketones is 1. The highest BCUT2D eigenvalue weighted by molar-refractivity contribution is 5.76. The van der Waals surface area contributed by atoms with Crippen LogP contribution in [0.5, 0.6) is 0 Å².